The van der Waals surface area contributed by atoms with E-state index in [0.29, 0.717) is 0 Å². The smallest absolute Gasteiger partial charge is 0.251 e. The van der Waals surface area contributed by atoms with Crippen molar-refractivity contribution in [1.29, 1.82) is 0 Å². The van der Waals surface area contributed by atoms with Crippen molar-refractivity contribution < 1.29 is 17.9 Å². The van der Waals surface area contributed by atoms with Crippen LogP contribution in [-0.4, -0.2) is 27.5 Å². The second-order valence-electron chi connectivity index (χ2n) is 4.92. The molecule has 0 saturated carbocycles. The molecular formula is C13H20N2O4S. The summed E-state index contributed by atoms with van der Waals surface area (Å²) >= 11 is 0. The number of rotatable bonds is 5. The van der Waals surface area contributed by atoms with Gasteiger partial charge in [0.1, 0.15) is 10.6 Å². The molecule has 20 heavy (non-hydrogen) atoms. The maximum Gasteiger partial charge on any atom is 0.251 e. The molecule has 6 nitrogen and oxygen atoms in total. The number of ether oxygens (including phenoxy) is 1. The van der Waals surface area contributed by atoms with Crippen LogP contribution < -0.4 is 15.2 Å². The van der Waals surface area contributed by atoms with E-state index in [-0.39, 0.29) is 34.1 Å². The molecule has 1 rings (SSSR count). The van der Waals surface area contributed by atoms with Crippen molar-refractivity contribution in [3.05, 3.63) is 23.8 Å². The summed E-state index contributed by atoms with van der Waals surface area (Å²) in [5, 5.41) is 7.91. The maximum atomic E-state index is 12.1. The molecule has 0 aromatic heterocycles. The van der Waals surface area contributed by atoms with E-state index in [2.05, 4.69) is 5.32 Å². The molecular weight excluding hydrogens is 280 g/mol. The second kappa shape index (κ2) is 6.23. The molecule has 0 saturated heterocycles. The zero-order valence-electron chi connectivity index (χ0n) is 12.0. The Morgan fingerprint density at radius 1 is 1.30 bits per heavy atom. The third-order valence-electron chi connectivity index (χ3n) is 3.09. The summed E-state index contributed by atoms with van der Waals surface area (Å²) in [6, 6.07) is 4.10. The van der Waals surface area contributed by atoms with Crippen molar-refractivity contribution in [2.75, 3.05) is 7.11 Å². The summed E-state index contributed by atoms with van der Waals surface area (Å²) in [4.78, 5) is 11.8. The highest BCUT2D eigenvalue weighted by atomic mass is 32.2. The Labute approximate surface area is 119 Å². The predicted molar refractivity (Wildman–Crippen MR) is 76.1 cm³/mol. The third kappa shape index (κ3) is 3.94. The van der Waals surface area contributed by atoms with Gasteiger partial charge in [0, 0.05) is 11.6 Å². The summed E-state index contributed by atoms with van der Waals surface area (Å²) < 4.78 is 27.9. The molecule has 1 aromatic carbocycles. The van der Waals surface area contributed by atoms with Crippen LogP contribution in [0.1, 0.15) is 31.1 Å². The van der Waals surface area contributed by atoms with Gasteiger partial charge in [-0.2, -0.15) is 0 Å². The van der Waals surface area contributed by atoms with Crippen LogP contribution in [-0.2, 0) is 10.0 Å². The fourth-order valence-electron chi connectivity index (χ4n) is 1.50. The fourth-order valence-corrected chi connectivity index (χ4v) is 2.22. The number of primary sulfonamides is 1. The van der Waals surface area contributed by atoms with Crippen LogP contribution in [0.15, 0.2) is 23.1 Å². The van der Waals surface area contributed by atoms with Crippen molar-refractivity contribution in [2.45, 2.75) is 31.7 Å². The fraction of sp³-hybridized carbons (Fsp3) is 0.462. The van der Waals surface area contributed by atoms with Crippen LogP contribution in [0.2, 0.25) is 0 Å². The van der Waals surface area contributed by atoms with Crippen molar-refractivity contribution in [1.82, 2.24) is 5.32 Å². The van der Waals surface area contributed by atoms with E-state index in [1.165, 1.54) is 25.3 Å². The lowest BCUT2D eigenvalue weighted by atomic mass is 10.1. The molecule has 3 N–H and O–H groups in total. The summed E-state index contributed by atoms with van der Waals surface area (Å²) in [7, 11) is -2.61. The van der Waals surface area contributed by atoms with Gasteiger partial charge < -0.3 is 10.1 Å². The molecule has 1 atom stereocenters. The van der Waals surface area contributed by atoms with Gasteiger partial charge in [-0.25, -0.2) is 13.6 Å². The first-order valence-corrected chi connectivity index (χ1v) is 7.73. The molecule has 7 heteroatoms. The van der Waals surface area contributed by atoms with Gasteiger partial charge in [-0.05, 0) is 31.0 Å². The van der Waals surface area contributed by atoms with Gasteiger partial charge >= 0.3 is 0 Å². The van der Waals surface area contributed by atoms with Gasteiger partial charge in [0.15, 0.2) is 0 Å². The number of methoxy groups -OCH3 is 1. The van der Waals surface area contributed by atoms with E-state index in [4.69, 9.17) is 9.88 Å². The molecule has 112 valence electrons. The van der Waals surface area contributed by atoms with Gasteiger partial charge in [-0.3, -0.25) is 4.79 Å². The van der Waals surface area contributed by atoms with E-state index in [1.807, 2.05) is 20.8 Å². The van der Waals surface area contributed by atoms with Crippen molar-refractivity contribution >= 4 is 15.9 Å². The lowest BCUT2D eigenvalue weighted by Crippen LogP contribution is -2.36. The van der Waals surface area contributed by atoms with Crippen LogP contribution >= 0.6 is 0 Å². The first-order valence-electron chi connectivity index (χ1n) is 6.18. The molecule has 0 fully saturated rings. The van der Waals surface area contributed by atoms with Crippen molar-refractivity contribution in [2.24, 2.45) is 11.1 Å². The lowest BCUT2D eigenvalue weighted by molar-refractivity contribution is 0.0930. The number of carbonyl (C=O) groups excluding carboxylic acids is 1. The highest BCUT2D eigenvalue weighted by molar-refractivity contribution is 7.89. The highest BCUT2D eigenvalue weighted by Gasteiger charge is 2.19. The Balaban J connectivity index is 3.13. The molecule has 0 aliphatic carbocycles. The Kier molecular flexibility index (Phi) is 5.13. The number of carbonyl (C=O) groups is 1. The first-order chi connectivity index (χ1) is 9.16. The predicted octanol–water partition coefficient (Wildman–Crippen LogP) is 1.12. The number of hydrogen-bond acceptors (Lipinski definition) is 4. The topological polar surface area (TPSA) is 98.5 Å². The minimum atomic E-state index is -3.95. The molecule has 1 aromatic rings. The van der Waals surface area contributed by atoms with Crippen molar-refractivity contribution in [3.63, 3.8) is 0 Å². The Morgan fingerprint density at radius 3 is 2.35 bits per heavy atom. The summed E-state index contributed by atoms with van der Waals surface area (Å²) in [5.41, 5.74) is 0.224. The molecule has 0 bridgehead atoms. The first kappa shape index (κ1) is 16.5. The largest absolute Gasteiger partial charge is 0.495 e. The van der Waals surface area contributed by atoms with E-state index in [1.54, 1.807) is 0 Å². The number of amides is 1. The number of hydrogen-bond donors (Lipinski definition) is 2. The van der Waals surface area contributed by atoms with Gasteiger partial charge in [0.05, 0.1) is 7.11 Å². The minimum Gasteiger partial charge on any atom is -0.495 e. The SMILES string of the molecule is COc1ccc(C(=O)NC(C)C(C)C)cc1S(N)(=O)=O. The summed E-state index contributed by atoms with van der Waals surface area (Å²) in [5.74, 6) is 0.0367. The monoisotopic (exact) mass is 300 g/mol. The van der Waals surface area contributed by atoms with E-state index in [9.17, 15) is 13.2 Å². The molecule has 1 unspecified atom stereocenters. The zero-order chi connectivity index (χ0) is 15.5. The second-order valence-corrected chi connectivity index (χ2v) is 6.45. The summed E-state index contributed by atoms with van der Waals surface area (Å²) in [6.45, 7) is 5.84. The molecule has 0 aliphatic rings. The van der Waals surface area contributed by atoms with E-state index < -0.39 is 10.0 Å². The Bertz CT molecular complexity index is 596. The van der Waals surface area contributed by atoms with E-state index in [0.717, 1.165) is 0 Å². The average Bonchev–Trinajstić information content (AvgIpc) is 2.36. The Hall–Kier alpha value is -1.60. The number of nitrogens with one attached hydrogen (secondary N) is 1. The van der Waals surface area contributed by atoms with Crippen LogP contribution in [0.5, 0.6) is 5.75 Å². The van der Waals surface area contributed by atoms with Crippen LogP contribution in [0.3, 0.4) is 0 Å². The number of benzene rings is 1. The zero-order valence-corrected chi connectivity index (χ0v) is 12.8. The number of sulfonamides is 1. The highest BCUT2D eigenvalue weighted by Crippen LogP contribution is 2.23. The lowest BCUT2D eigenvalue weighted by Gasteiger charge is -2.17. The molecule has 1 amide bonds. The minimum absolute atomic E-state index is 0.0254. The van der Waals surface area contributed by atoms with Crippen LogP contribution in [0.4, 0.5) is 0 Å². The third-order valence-corrected chi connectivity index (χ3v) is 4.02. The number of nitrogens with two attached hydrogens (primary N) is 1. The van der Waals surface area contributed by atoms with Crippen molar-refractivity contribution in [3.8, 4) is 5.75 Å². The standard InChI is InChI=1S/C13H20N2O4S/c1-8(2)9(3)15-13(16)10-5-6-11(19-4)12(7-10)20(14,17)18/h5-9H,1-4H3,(H,15,16)(H2,14,17,18). The van der Waals surface area contributed by atoms with Gasteiger partial charge in [0.2, 0.25) is 10.0 Å². The molecule has 0 radical (unpaired) electrons. The van der Waals surface area contributed by atoms with Crippen LogP contribution in [0, 0.1) is 5.92 Å². The normalized spacial score (nSPS) is 13.1. The Morgan fingerprint density at radius 2 is 1.90 bits per heavy atom. The van der Waals surface area contributed by atoms with Crippen LogP contribution in [0.25, 0.3) is 0 Å². The van der Waals surface area contributed by atoms with E-state index >= 15 is 0 Å². The quantitative estimate of drug-likeness (QED) is 0.851. The molecule has 0 aliphatic heterocycles. The maximum absolute atomic E-state index is 12.1. The van der Waals surface area contributed by atoms with Gasteiger partial charge in [-0.1, -0.05) is 13.8 Å². The van der Waals surface area contributed by atoms with Gasteiger partial charge in [0.25, 0.3) is 5.91 Å². The molecule has 0 spiro atoms. The van der Waals surface area contributed by atoms with Gasteiger partial charge in [-0.15, -0.1) is 0 Å². The molecule has 0 heterocycles. The summed E-state index contributed by atoms with van der Waals surface area (Å²) in [6.07, 6.45) is 0. The average molecular weight is 300 g/mol.